The van der Waals surface area contributed by atoms with E-state index in [2.05, 4.69) is 19.2 Å². The minimum absolute atomic E-state index is 0.153. The maximum absolute atomic E-state index is 13.4. The molecule has 0 saturated heterocycles. The first kappa shape index (κ1) is 21.9. The average Bonchev–Trinajstić information content (AvgIpc) is 2.68. The number of anilines is 1. The maximum atomic E-state index is 13.4. The van der Waals surface area contributed by atoms with E-state index in [1.807, 2.05) is 38.1 Å². The van der Waals surface area contributed by atoms with Gasteiger partial charge in [0.05, 0.1) is 5.69 Å². The highest BCUT2D eigenvalue weighted by Gasteiger charge is 2.40. The van der Waals surface area contributed by atoms with E-state index in [0.717, 1.165) is 50.6 Å². The molecule has 1 aromatic carbocycles. The van der Waals surface area contributed by atoms with Gasteiger partial charge >= 0.3 is 0 Å². The van der Waals surface area contributed by atoms with Crippen LogP contribution in [0.1, 0.15) is 79.1 Å². The molecule has 1 saturated carbocycles. The minimum atomic E-state index is -0.249. The third kappa shape index (κ3) is 5.78. The molecule has 1 aromatic rings. The number of carbonyl (C=O) groups excluding carboxylic acids is 1. The van der Waals surface area contributed by atoms with Gasteiger partial charge in [0.2, 0.25) is 5.91 Å². The minimum Gasteiger partial charge on any atom is -0.448 e. The van der Waals surface area contributed by atoms with E-state index in [9.17, 15) is 4.79 Å². The van der Waals surface area contributed by atoms with Gasteiger partial charge in [-0.25, -0.2) is 0 Å². The van der Waals surface area contributed by atoms with Crippen molar-refractivity contribution in [1.29, 1.82) is 0 Å². The topological polar surface area (TPSA) is 38.3 Å². The Bertz CT molecular complexity index is 631. The van der Waals surface area contributed by atoms with Gasteiger partial charge in [-0.15, -0.1) is 0 Å². The van der Waals surface area contributed by atoms with E-state index in [0.29, 0.717) is 16.7 Å². The van der Waals surface area contributed by atoms with Gasteiger partial charge in [-0.05, 0) is 49.5 Å². The largest absolute Gasteiger partial charge is 0.448 e. The predicted octanol–water partition coefficient (Wildman–Crippen LogP) is 6.76. The Morgan fingerprint density at radius 1 is 1.15 bits per heavy atom. The second-order valence-electron chi connectivity index (χ2n) is 8.25. The van der Waals surface area contributed by atoms with Crippen LogP contribution in [0.5, 0.6) is 5.75 Å². The number of benzene rings is 1. The molecule has 1 fully saturated rings. The molecule has 1 amide bonds. The number of rotatable bonds is 8. The Balaban J connectivity index is 2.21. The summed E-state index contributed by atoms with van der Waals surface area (Å²) in [4.78, 5) is 13.4. The molecule has 150 valence electrons. The number of hydrogen-bond acceptors (Lipinski definition) is 3. The summed E-state index contributed by atoms with van der Waals surface area (Å²) in [6.45, 7) is 8.49. The SMILES string of the molecule is CCC(CC)CC1(C(=O)Nc2ccccc2OC(=S)C(C)C)CCCCC1. The van der Waals surface area contributed by atoms with Crippen LogP contribution in [0, 0.1) is 17.3 Å². The van der Waals surface area contributed by atoms with Crippen molar-refractivity contribution in [2.45, 2.75) is 79.1 Å². The first-order valence-electron chi connectivity index (χ1n) is 10.5. The Morgan fingerprint density at radius 3 is 2.37 bits per heavy atom. The smallest absolute Gasteiger partial charge is 0.230 e. The normalized spacial score (nSPS) is 16.4. The van der Waals surface area contributed by atoms with Crippen molar-refractivity contribution in [3.63, 3.8) is 0 Å². The van der Waals surface area contributed by atoms with Crippen LogP contribution in [0.15, 0.2) is 24.3 Å². The monoisotopic (exact) mass is 389 g/mol. The number of hydrogen-bond donors (Lipinski definition) is 1. The summed E-state index contributed by atoms with van der Waals surface area (Å²) in [5.74, 6) is 1.55. The molecule has 0 radical (unpaired) electrons. The Kier molecular flexibility index (Phi) is 8.28. The number of thiocarbonyl (C=S) groups is 1. The molecule has 3 nitrogen and oxygen atoms in total. The summed E-state index contributed by atoms with van der Waals surface area (Å²) in [5.41, 5.74) is 0.473. The molecule has 0 aromatic heterocycles. The van der Waals surface area contributed by atoms with E-state index in [4.69, 9.17) is 17.0 Å². The van der Waals surface area contributed by atoms with Gasteiger partial charge in [0, 0.05) is 11.3 Å². The molecule has 1 N–H and O–H groups in total. The van der Waals surface area contributed by atoms with Crippen molar-refractivity contribution in [1.82, 2.24) is 0 Å². The molecule has 1 aliphatic rings. The van der Waals surface area contributed by atoms with Gasteiger partial charge in [-0.2, -0.15) is 0 Å². The predicted molar refractivity (Wildman–Crippen MR) is 117 cm³/mol. The van der Waals surface area contributed by atoms with Crippen LogP contribution >= 0.6 is 12.2 Å². The molecular weight excluding hydrogens is 354 g/mol. The van der Waals surface area contributed by atoms with Gasteiger partial charge in [0.25, 0.3) is 0 Å². The fourth-order valence-corrected chi connectivity index (χ4v) is 4.11. The highest BCUT2D eigenvalue weighted by Crippen LogP contribution is 2.44. The molecule has 27 heavy (non-hydrogen) atoms. The zero-order valence-electron chi connectivity index (χ0n) is 17.3. The summed E-state index contributed by atoms with van der Waals surface area (Å²) in [6.07, 6.45) is 8.75. The lowest BCUT2D eigenvalue weighted by Crippen LogP contribution is -2.39. The van der Waals surface area contributed by atoms with Crippen LogP contribution in [0.4, 0.5) is 5.69 Å². The zero-order chi connectivity index (χ0) is 19.9. The summed E-state index contributed by atoms with van der Waals surface area (Å²) < 4.78 is 5.87. The molecule has 0 bridgehead atoms. The maximum Gasteiger partial charge on any atom is 0.230 e. The third-order valence-corrected chi connectivity index (χ3v) is 6.50. The van der Waals surface area contributed by atoms with E-state index < -0.39 is 0 Å². The average molecular weight is 390 g/mol. The molecule has 0 atom stereocenters. The summed E-state index contributed by atoms with van der Waals surface area (Å²) >= 11 is 5.33. The van der Waals surface area contributed by atoms with Gasteiger partial charge in [0.1, 0.15) is 0 Å². The van der Waals surface area contributed by atoms with Crippen LogP contribution in [0.25, 0.3) is 0 Å². The van der Waals surface area contributed by atoms with E-state index in [1.165, 1.54) is 6.42 Å². The molecule has 0 heterocycles. The number of carbonyl (C=O) groups is 1. The Labute approximate surface area is 170 Å². The zero-order valence-corrected chi connectivity index (χ0v) is 18.2. The lowest BCUT2D eigenvalue weighted by Gasteiger charge is -2.38. The van der Waals surface area contributed by atoms with Crippen molar-refractivity contribution in [3.8, 4) is 5.75 Å². The van der Waals surface area contributed by atoms with E-state index >= 15 is 0 Å². The van der Waals surface area contributed by atoms with Gasteiger partial charge in [0.15, 0.2) is 10.8 Å². The summed E-state index contributed by atoms with van der Waals surface area (Å²) in [6, 6.07) is 7.62. The molecule has 0 spiro atoms. The van der Waals surface area contributed by atoms with Crippen molar-refractivity contribution in [2.75, 3.05) is 5.32 Å². The fraction of sp³-hybridized carbons (Fsp3) is 0.652. The van der Waals surface area contributed by atoms with Crippen LogP contribution in [-0.2, 0) is 4.79 Å². The highest BCUT2D eigenvalue weighted by atomic mass is 32.1. The summed E-state index contributed by atoms with van der Waals surface area (Å²) in [5, 5.41) is 3.74. The van der Waals surface area contributed by atoms with Gasteiger partial charge in [-0.3, -0.25) is 4.79 Å². The number of ether oxygens (including phenoxy) is 1. The van der Waals surface area contributed by atoms with E-state index in [-0.39, 0.29) is 17.2 Å². The van der Waals surface area contributed by atoms with Crippen molar-refractivity contribution < 1.29 is 9.53 Å². The number of nitrogens with one attached hydrogen (secondary N) is 1. The van der Waals surface area contributed by atoms with Gasteiger partial charge < -0.3 is 10.1 Å². The lowest BCUT2D eigenvalue weighted by molar-refractivity contribution is -0.128. The van der Waals surface area contributed by atoms with Crippen molar-refractivity contribution >= 4 is 28.9 Å². The Hall–Kier alpha value is -1.42. The van der Waals surface area contributed by atoms with Crippen LogP contribution in [0.3, 0.4) is 0 Å². The van der Waals surface area contributed by atoms with E-state index in [1.54, 1.807) is 0 Å². The number of amides is 1. The second kappa shape index (κ2) is 10.2. The Morgan fingerprint density at radius 2 is 1.78 bits per heavy atom. The molecule has 0 unspecified atom stereocenters. The van der Waals surface area contributed by atoms with Crippen LogP contribution in [-0.4, -0.2) is 11.0 Å². The first-order chi connectivity index (χ1) is 12.9. The fourth-order valence-electron chi connectivity index (χ4n) is 4.02. The highest BCUT2D eigenvalue weighted by molar-refractivity contribution is 7.80. The molecule has 1 aliphatic carbocycles. The molecule has 0 aliphatic heterocycles. The second-order valence-corrected chi connectivity index (χ2v) is 8.66. The van der Waals surface area contributed by atoms with Crippen LogP contribution < -0.4 is 10.1 Å². The number of para-hydroxylation sites is 2. The van der Waals surface area contributed by atoms with Crippen molar-refractivity contribution in [2.24, 2.45) is 17.3 Å². The molecular formula is C23H35NO2S. The first-order valence-corrected chi connectivity index (χ1v) is 10.9. The standard InChI is InChI=1S/C23H35NO2S/c1-5-18(6-2)16-23(14-10-7-11-15-23)22(25)24-19-12-8-9-13-20(19)26-21(27)17(3)4/h8-9,12-13,17-18H,5-7,10-11,14-16H2,1-4H3,(H,24,25). The quantitative estimate of drug-likeness (QED) is 0.499. The molecule has 2 rings (SSSR count). The lowest BCUT2D eigenvalue weighted by atomic mass is 9.67. The molecule has 4 heteroatoms. The van der Waals surface area contributed by atoms with Crippen LogP contribution in [0.2, 0.25) is 0 Å². The van der Waals surface area contributed by atoms with Gasteiger partial charge in [-0.1, -0.05) is 71.9 Å². The third-order valence-electron chi connectivity index (χ3n) is 5.94. The van der Waals surface area contributed by atoms with Crippen molar-refractivity contribution in [3.05, 3.63) is 24.3 Å². The summed E-state index contributed by atoms with van der Waals surface area (Å²) in [7, 11) is 0.